The monoisotopic (exact) mass is 298 g/mol. The van der Waals surface area contributed by atoms with Crippen LogP contribution in [-0.2, 0) is 28.7 Å². The van der Waals surface area contributed by atoms with Crippen molar-refractivity contribution < 1.29 is 28.7 Å². The SMILES string of the molecule is CC=C(C)CC(COC(=O)CC(C)=O)OC(=O)CC(C)=O. The number of rotatable bonds is 9. The predicted octanol–water partition coefficient (Wildman–Crippen LogP) is 1.76. The fourth-order valence-electron chi connectivity index (χ4n) is 1.48. The average molecular weight is 298 g/mol. The van der Waals surface area contributed by atoms with Crippen molar-refractivity contribution in [2.45, 2.75) is 53.1 Å². The highest BCUT2D eigenvalue weighted by molar-refractivity contribution is 5.94. The lowest BCUT2D eigenvalue weighted by molar-refractivity contribution is -0.160. The number of carbonyl (C=O) groups is 4. The van der Waals surface area contributed by atoms with E-state index in [1.165, 1.54) is 13.8 Å². The summed E-state index contributed by atoms with van der Waals surface area (Å²) < 4.78 is 10.0. The first-order chi connectivity index (χ1) is 9.74. The lowest BCUT2D eigenvalue weighted by Crippen LogP contribution is -2.26. The fraction of sp³-hybridized carbons (Fsp3) is 0.600. The zero-order valence-corrected chi connectivity index (χ0v) is 12.9. The van der Waals surface area contributed by atoms with Crippen molar-refractivity contribution in [1.29, 1.82) is 0 Å². The van der Waals surface area contributed by atoms with Crippen LogP contribution in [0.5, 0.6) is 0 Å². The summed E-state index contributed by atoms with van der Waals surface area (Å²) in [5.74, 6) is -1.91. The Morgan fingerprint density at radius 1 is 0.952 bits per heavy atom. The van der Waals surface area contributed by atoms with Gasteiger partial charge in [0.1, 0.15) is 37.1 Å². The van der Waals surface area contributed by atoms with Crippen LogP contribution in [0.1, 0.15) is 47.0 Å². The fourth-order valence-corrected chi connectivity index (χ4v) is 1.48. The van der Waals surface area contributed by atoms with Gasteiger partial charge >= 0.3 is 11.9 Å². The largest absolute Gasteiger partial charge is 0.461 e. The molecule has 1 unspecified atom stereocenters. The van der Waals surface area contributed by atoms with E-state index in [9.17, 15) is 19.2 Å². The standard InChI is InChI=1S/C15H22O6/c1-5-10(2)6-13(21-15(19)8-12(4)17)9-20-14(18)7-11(3)16/h5,13H,6-9H2,1-4H3. The van der Waals surface area contributed by atoms with Crippen molar-refractivity contribution >= 4 is 23.5 Å². The highest BCUT2D eigenvalue weighted by atomic mass is 16.6. The first kappa shape index (κ1) is 19.0. The second kappa shape index (κ2) is 9.85. The molecule has 0 saturated carbocycles. The number of esters is 2. The van der Waals surface area contributed by atoms with Gasteiger partial charge in [-0.1, -0.05) is 11.6 Å². The molecule has 118 valence electrons. The normalized spacial score (nSPS) is 12.5. The summed E-state index contributed by atoms with van der Waals surface area (Å²) in [5, 5.41) is 0. The number of hydrogen-bond donors (Lipinski definition) is 0. The van der Waals surface area contributed by atoms with Crippen LogP contribution in [0.3, 0.4) is 0 Å². The van der Waals surface area contributed by atoms with Gasteiger partial charge in [-0.15, -0.1) is 0 Å². The van der Waals surface area contributed by atoms with Crippen molar-refractivity contribution in [1.82, 2.24) is 0 Å². The molecule has 0 bridgehead atoms. The lowest BCUT2D eigenvalue weighted by atomic mass is 10.1. The molecule has 0 saturated heterocycles. The highest BCUT2D eigenvalue weighted by Gasteiger charge is 2.19. The molecule has 0 aromatic heterocycles. The molecule has 0 aromatic carbocycles. The van der Waals surface area contributed by atoms with Crippen LogP contribution in [0.15, 0.2) is 11.6 Å². The molecule has 6 heteroatoms. The summed E-state index contributed by atoms with van der Waals surface area (Å²) in [7, 11) is 0. The molecule has 0 radical (unpaired) electrons. The predicted molar refractivity (Wildman–Crippen MR) is 75.5 cm³/mol. The van der Waals surface area contributed by atoms with Crippen LogP contribution >= 0.6 is 0 Å². The van der Waals surface area contributed by atoms with Crippen LogP contribution in [-0.4, -0.2) is 36.2 Å². The van der Waals surface area contributed by atoms with Gasteiger partial charge in [0.15, 0.2) is 0 Å². The van der Waals surface area contributed by atoms with Gasteiger partial charge in [-0.05, 0) is 27.7 Å². The van der Waals surface area contributed by atoms with Crippen molar-refractivity contribution in [3.8, 4) is 0 Å². The number of allylic oxidation sites excluding steroid dienone is 1. The Labute approximate surface area is 124 Å². The molecule has 0 aromatic rings. The van der Waals surface area contributed by atoms with Gasteiger partial charge in [-0.2, -0.15) is 0 Å². The minimum atomic E-state index is -0.663. The first-order valence-corrected chi connectivity index (χ1v) is 6.70. The minimum absolute atomic E-state index is 0.138. The zero-order chi connectivity index (χ0) is 16.4. The van der Waals surface area contributed by atoms with Crippen molar-refractivity contribution in [3.05, 3.63) is 11.6 Å². The van der Waals surface area contributed by atoms with E-state index >= 15 is 0 Å². The van der Waals surface area contributed by atoms with Gasteiger partial charge in [-0.25, -0.2) is 0 Å². The lowest BCUT2D eigenvalue weighted by Gasteiger charge is -2.18. The van der Waals surface area contributed by atoms with Crippen LogP contribution in [0.4, 0.5) is 0 Å². The number of ether oxygens (including phenoxy) is 2. The number of carbonyl (C=O) groups excluding carboxylic acids is 4. The first-order valence-electron chi connectivity index (χ1n) is 6.70. The molecule has 0 heterocycles. The molecule has 0 amide bonds. The number of hydrogen-bond acceptors (Lipinski definition) is 6. The van der Waals surface area contributed by atoms with Crippen LogP contribution in [0.2, 0.25) is 0 Å². The summed E-state index contributed by atoms with van der Waals surface area (Å²) in [4.78, 5) is 44.5. The molecule has 0 rings (SSSR count). The van der Waals surface area contributed by atoms with Gasteiger partial charge < -0.3 is 9.47 Å². The van der Waals surface area contributed by atoms with Gasteiger partial charge in [0.25, 0.3) is 0 Å². The second-order valence-corrected chi connectivity index (χ2v) is 4.89. The molecule has 1 atom stereocenters. The molecule has 0 N–H and O–H groups in total. The number of ketones is 2. The topological polar surface area (TPSA) is 86.7 Å². The summed E-state index contributed by atoms with van der Waals surface area (Å²) >= 11 is 0. The Balaban J connectivity index is 4.52. The van der Waals surface area contributed by atoms with Crippen LogP contribution in [0.25, 0.3) is 0 Å². The minimum Gasteiger partial charge on any atom is -0.461 e. The Morgan fingerprint density at radius 2 is 1.48 bits per heavy atom. The molecule has 6 nitrogen and oxygen atoms in total. The summed E-state index contributed by atoms with van der Waals surface area (Å²) in [6.07, 6.45) is 0.962. The third-order valence-corrected chi connectivity index (χ3v) is 2.56. The van der Waals surface area contributed by atoms with E-state index in [-0.39, 0.29) is 31.0 Å². The Hall–Kier alpha value is -1.98. The molecular weight excluding hydrogens is 276 g/mol. The summed E-state index contributed by atoms with van der Waals surface area (Å²) in [6, 6.07) is 0. The third kappa shape index (κ3) is 10.5. The number of Topliss-reactive ketones (excluding diaryl/α,β-unsaturated/α-hetero) is 2. The van der Waals surface area contributed by atoms with E-state index in [1.807, 2.05) is 19.9 Å². The highest BCUT2D eigenvalue weighted by Crippen LogP contribution is 2.10. The van der Waals surface area contributed by atoms with Crippen LogP contribution < -0.4 is 0 Å². The molecule has 0 fully saturated rings. The van der Waals surface area contributed by atoms with Gasteiger partial charge in [-0.3, -0.25) is 19.2 Å². The smallest absolute Gasteiger partial charge is 0.313 e. The van der Waals surface area contributed by atoms with Gasteiger partial charge in [0.2, 0.25) is 0 Å². The molecule has 0 aliphatic carbocycles. The third-order valence-electron chi connectivity index (χ3n) is 2.56. The van der Waals surface area contributed by atoms with Crippen molar-refractivity contribution in [2.75, 3.05) is 6.61 Å². The average Bonchev–Trinajstić information content (AvgIpc) is 2.33. The molecule has 0 aliphatic heterocycles. The quantitative estimate of drug-likeness (QED) is 0.366. The van der Waals surface area contributed by atoms with E-state index in [1.54, 1.807) is 0 Å². The van der Waals surface area contributed by atoms with E-state index < -0.39 is 18.0 Å². The molecule has 21 heavy (non-hydrogen) atoms. The van der Waals surface area contributed by atoms with Crippen LogP contribution in [0, 0.1) is 0 Å². The van der Waals surface area contributed by atoms with E-state index in [0.29, 0.717) is 6.42 Å². The maximum Gasteiger partial charge on any atom is 0.313 e. The molecule has 0 aliphatic rings. The van der Waals surface area contributed by atoms with Crippen molar-refractivity contribution in [3.63, 3.8) is 0 Å². The van der Waals surface area contributed by atoms with Gasteiger partial charge in [0, 0.05) is 6.42 Å². The molecular formula is C15H22O6. The Kier molecular flexibility index (Phi) is 8.92. The van der Waals surface area contributed by atoms with Gasteiger partial charge in [0.05, 0.1) is 0 Å². The maximum absolute atomic E-state index is 11.5. The van der Waals surface area contributed by atoms with Crippen molar-refractivity contribution in [2.24, 2.45) is 0 Å². The second-order valence-electron chi connectivity index (χ2n) is 4.89. The Morgan fingerprint density at radius 3 is 1.95 bits per heavy atom. The summed E-state index contributed by atoms with van der Waals surface area (Å²) in [5.41, 5.74) is 0.957. The van der Waals surface area contributed by atoms with E-state index in [0.717, 1.165) is 5.57 Å². The van der Waals surface area contributed by atoms with E-state index in [4.69, 9.17) is 9.47 Å². The molecule has 0 spiro atoms. The zero-order valence-electron chi connectivity index (χ0n) is 12.9. The van der Waals surface area contributed by atoms with E-state index in [2.05, 4.69) is 0 Å². The summed E-state index contributed by atoms with van der Waals surface area (Å²) in [6.45, 7) is 6.13. The Bertz CT molecular complexity index is 435. The maximum atomic E-state index is 11.5.